The van der Waals surface area contributed by atoms with Gasteiger partial charge in [-0.05, 0) is 23.1 Å². The Morgan fingerprint density at radius 3 is 2.71 bits per heavy atom. The summed E-state index contributed by atoms with van der Waals surface area (Å²) in [6, 6.07) is 6.85. The van der Waals surface area contributed by atoms with E-state index in [9.17, 15) is 9.90 Å². The Morgan fingerprint density at radius 1 is 1.47 bits per heavy atom. The number of aliphatic hydroxyl groups is 1. The maximum Gasteiger partial charge on any atom is 0.337 e. The number of alkyl halides is 1. The molecule has 0 aliphatic carbocycles. The summed E-state index contributed by atoms with van der Waals surface area (Å²) in [5, 5.41) is 26.6. The number of nitrogens with zero attached hydrogens (tertiary/aromatic N) is 1. The number of aryl methyl sites for hydroxylation is 1. The highest BCUT2D eigenvalue weighted by atomic mass is 35.5. The highest BCUT2D eigenvalue weighted by Crippen LogP contribution is 2.20. The standard InChI is InChI=1S/C12H12ClNO3/c13-7-10-6-9(11(15)12(16)17)4-3-8(10)2-1-5-14/h3-4,6,11,15H,1-2,7H2,(H,16,17). The molecule has 0 bridgehead atoms. The summed E-state index contributed by atoms with van der Waals surface area (Å²) < 4.78 is 0. The van der Waals surface area contributed by atoms with Gasteiger partial charge in [-0.25, -0.2) is 4.79 Å². The predicted molar refractivity (Wildman–Crippen MR) is 62.5 cm³/mol. The van der Waals surface area contributed by atoms with E-state index in [2.05, 4.69) is 0 Å². The van der Waals surface area contributed by atoms with Gasteiger partial charge in [-0.15, -0.1) is 11.6 Å². The van der Waals surface area contributed by atoms with E-state index in [0.717, 1.165) is 11.1 Å². The summed E-state index contributed by atoms with van der Waals surface area (Å²) in [6.45, 7) is 0. The van der Waals surface area contributed by atoms with Crippen LogP contribution >= 0.6 is 11.6 Å². The highest BCUT2D eigenvalue weighted by Gasteiger charge is 2.16. The van der Waals surface area contributed by atoms with Crippen molar-refractivity contribution in [3.8, 4) is 6.07 Å². The van der Waals surface area contributed by atoms with Gasteiger partial charge in [0.25, 0.3) is 0 Å². The molecule has 1 aromatic carbocycles. The van der Waals surface area contributed by atoms with Crippen molar-refractivity contribution < 1.29 is 15.0 Å². The van der Waals surface area contributed by atoms with Crippen LogP contribution in [0.1, 0.15) is 29.2 Å². The number of aliphatic carboxylic acids is 1. The van der Waals surface area contributed by atoms with Crippen molar-refractivity contribution in [3.05, 3.63) is 34.9 Å². The lowest BCUT2D eigenvalue weighted by molar-refractivity contribution is -0.146. The van der Waals surface area contributed by atoms with Gasteiger partial charge in [0.15, 0.2) is 6.10 Å². The molecule has 0 aliphatic heterocycles. The maximum atomic E-state index is 10.6. The lowest BCUT2D eigenvalue weighted by atomic mass is 9.99. The minimum Gasteiger partial charge on any atom is -0.479 e. The third-order valence-electron chi connectivity index (χ3n) is 2.43. The highest BCUT2D eigenvalue weighted by molar-refractivity contribution is 6.17. The Labute approximate surface area is 104 Å². The summed E-state index contributed by atoms with van der Waals surface area (Å²) in [6.07, 6.45) is -0.589. The molecule has 17 heavy (non-hydrogen) atoms. The van der Waals surface area contributed by atoms with Crippen LogP contribution in [0, 0.1) is 11.3 Å². The molecule has 90 valence electrons. The van der Waals surface area contributed by atoms with Gasteiger partial charge in [-0.2, -0.15) is 5.26 Å². The molecular weight excluding hydrogens is 242 g/mol. The van der Waals surface area contributed by atoms with Gasteiger partial charge >= 0.3 is 5.97 Å². The number of carboxylic acid groups (broad SMARTS) is 1. The van der Waals surface area contributed by atoms with Crippen LogP contribution < -0.4 is 0 Å². The van der Waals surface area contributed by atoms with Gasteiger partial charge < -0.3 is 10.2 Å². The molecule has 1 unspecified atom stereocenters. The van der Waals surface area contributed by atoms with E-state index in [4.69, 9.17) is 22.0 Å². The number of halogens is 1. The Balaban J connectivity index is 3.00. The Bertz CT molecular complexity index is 454. The van der Waals surface area contributed by atoms with Crippen molar-refractivity contribution in [2.75, 3.05) is 0 Å². The summed E-state index contributed by atoms with van der Waals surface area (Å²) in [4.78, 5) is 10.6. The number of carbonyl (C=O) groups is 1. The van der Waals surface area contributed by atoms with Gasteiger partial charge in [-0.1, -0.05) is 18.2 Å². The van der Waals surface area contributed by atoms with E-state index in [1.165, 1.54) is 0 Å². The molecule has 5 heteroatoms. The molecule has 0 saturated carbocycles. The fourth-order valence-electron chi connectivity index (χ4n) is 1.52. The van der Waals surface area contributed by atoms with E-state index in [1.807, 2.05) is 6.07 Å². The molecule has 0 heterocycles. The smallest absolute Gasteiger partial charge is 0.337 e. The van der Waals surface area contributed by atoms with Gasteiger partial charge in [0.2, 0.25) is 0 Å². The zero-order valence-electron chi connectivity index (χ0n) is 9.06. The van der Waals surface area contributed by atoms with Crippen LogP contribution in [0.2, 0.25) is 0 Å². The Hall–Kier alpha value is -1.57. The first-order valence-corrected chi connectivity index (χ1v) is 5.59. The molecule has 0 radical (unpaired) electrons. The SMILES string of the molecule is N#CCCc1ccc(C(O)C(=O)O)cc1CCl. The van der Waals surface area contributed by atoms with Crippen LogP contribution in [0.5, 0.6) is 0 Å². The predicted octanol–water partition coefficient (Wildman–Crippen LogP) is 2.00. The van der Waals surface area contributed by atoms with Crippen LogP contribution in [-0.4, -0.2) is 16.2 Å². The summed E-state index contributed by atoms with van der Waals surface area (Å²) in [5.74, 6) is -1.07. The third kappa shape index (κ3) is 3.45. The minimum atomic E-state index is -1.54. The molecular formula is C12H12ClNO3. The van der Waals surface area contributed by atoms with Gasteiger partial charge in [0, 0.05) is 12.3 Å². The second kappa shape index (κ2) is 6.24. The molecule has 0 saturated heterocycles. The number of aliphatic hydroxyl groups excluding tert-OH is 1. The van der Waals surface area contributed by atoms with E-state index >= 15 is 0 Å². The second-order valence-electron chi connectivity index (χ2n) is 3.56. The summed E-state index contributed by atoms with van der Waals surface area (Å²) in [5.41, 5.74) is 1.96. The summed E-state index contributed by atoms with van der Waals surface area (Å²) >= 11 is 5.76. The topological polar surface area (TPSA) is 81.3 Å². The zero-order chi connectivity index (χ0) is 12.8. The molecule has 2 N–H and O–H groups in total. The zero-order valence-corrected chi connectivity index (χ0v) is 9.81. The van der Waals surface area contributed by atoms with Crippen molar-refractivity contribution in [2.45, 2.75) is 24.8 Å². The number of rotatable bonds is 5. The Kier molecular flexibility index (Phi) is 4.95. The third-order valence-corrected chi connectivity index (χ3v) is 2.72. The van der Waals surface area contributed by atoms with Crippen molar-refractivity contribution in [2.24, 2.45) is 0 Å². The van der Waals surface area contributed by atoms with Crippen LogP contribution in [-0.2, 0) is 17.1 Å². The molecule has 0 amide bonds. The summed E-state index contributed by atoms with van der Waals surface area (Å²) in [7, 11) is 0. The monoisotopic (exact) mass is 253 g/mol. The van der Waals surface area contributed by atoms with Crippen LogP contribution in [0.25, 0.3) is 0 Å². The van der Waals surface area contributed by atoms with Crippen molar-refractivity contribution in [3.63, 3.8) is 0 Å². The van der Waals surface area contributed by atoms with Crippen LogP contribution in [0.3, 0.4) is 0 Å². The number of nitriles is 1. The number of hydrogen-bond acceptors (Lipinski definition) is 3. The maximum absolute atomic E-state index is 10.6. The van der Waals surface area contributed by atoms with E-state index in [-0.39, 0.29) is 5.88 Å². The van der Waals surface area contributed by atoms with Crippen LogP contribution in [0.15, 0.2) is 18.2 Å². The second-order valence-corrected chi connectivity index (χ2v) is 3.83. The lowest BCUT2D eigenvalue weighted by Gasteiger charge is -2.10. The number of hydrogen-bond donors (Lipinski definition) is 2. The van der Waals surface area contributed by atoms with E-state index < -0.39 is 12.1 Å². The molecule has 4 nitrogen and oxygen atoms in total. The molecule has 0 aromatic heterocycles. The number of benzene rings is 1. The quantitative estimate of drug-likeness (QED) is 0.787. The first-order valence-electron chi connectivity index (χ1n) is 5.05. The number of carboxylic acids is 1. The minimum absolute atomic E-state index is 0.223. The van der Waals surface area contributed by atoms with Crippen molar-refractivity contribution in [1.29, 1.82) is 5.26 Å². The fourth-order valence-corrected chi connectivity index (χ4v) is 1.77. The largest absolute Gasteiger partial charge is 0.479 e. The van der Waals surface area contributed by atoms with E-state index in [1.54, 1.807) is 18.2 Å². The molecule has 0 spiro atoms. The Morgan fingerprint density at radius 2 is 2.18 bits per heavy atom. The van der Waals surface area contributed by atoms with E-state index in [0.29, 0.717) is 18.4 Å². The molecule has 0 fully saturated rings. The molecule has 1 rings (SSSR count). The van der Waals surface area contributed by atoms with Gasteiger partial charge in [0.05, 0.1) is 6.07 Å². The first-order chi connectivity index (χ1) is 8.10. The average Bonchev–Trinajstić information content (AvgIpc) is 2.35. The van der Waals surface area contributed by atoms with Gasteiger partial charge in [0.1, 0.15) is 0 Å². The average molecular weight is 254 g/mol. The lowest BCUT2D eigenvalue weighted by Crippen LogP contribution is -2.11. The van der Waals surface area contributed by atoms with Crippen LogP contribution in [0.4, 0.5) is 0 Å². The van der Waals surface area contributed by atoms with Crippen molar-refractivity contribution >= 4 is 17.6 Å². The first kappa shape index (κ1) is 13.5. The molecule has 1 atom stereocenters. The van der Waals surface area contributed by atoms with Crippen molar-refractivity contribution in [1.82, 2.24) is 0 Å². The van der Waals surface area contributed by atoms with Gasteiger partial charge in [-0.3, -0.25) is 0 Å². The normalized spacial score (nSPS) is 11.8. The molecule has 0 aliphatic rings. The fraction of sp³-hybridized carbons (Fsp3) is 0.333. The molecule has 1 aromatic rings.